The Hall–Kier alpha value is -0.840. The number of rotatable bonds is 6. The average Bonchev–Trinajstić information content (AvgIpc) is 2.27. The van der Waals surface area contributed by atoms with Crippen LogP contribution in [0.2, 0.25) is 0 Å². The minimum absolute atomic E-state index is 0. The number of hydrogen-bond donors (Lipinski definition) is 1. The second-order valence-electron chi connectivity index (χ2n) is 2.92. The monoisotopic (exact) mass is 264 g/mol. The van der Waals surface area contributed by atoms with Crippen LogP contribution in [0.4, 0.5) is 0 Å². The highest BCUT2D eigenvalue weighted by Gasteiger charge is 1.99. The summed E-state index contributed by atoms with van der Waals surface area (Å²) in [6, 6.07) is 3.72. The van der Waals surface area contributed by atoms with Crippen LogP contribution >= 0.6 is 11.6 Å². The predicted molar refractivity (Wildman–Crippen MR) is 57.6 cm³/mol. The predicted octanol–water partition coefficient (Wildman–Crippen LogP) is -1.96. The van der Waals surface area contributed by atoms with Gasteiger partial charge in [-0.05, 0) is 0 Å². The van der Waals surface area contributed by atoms with Gasteiger partial charge in [0.05, 0.1) is 12.8 Å². The summed E-state index contributed by atoms with van der Waals surface area (Å²) >= 11 is 5.47. The van der Waals surface area contributed by atoms with Gasteiger partial charge in [-0.3, -0.25) is 0 Å². The molecule has 0 aliphatic rings. The first-order valence-corrected chi connectivity index (χ1v) is 5.20. The van der Waals surface area contributed by atoms with Gasteiger partial charge in [0.1, 0.15) is 6.61 Å². The van der Waals surface area contributed by atoms with Crippen molar-refractivity contribution >= 4 is 17.8 Å². The molecule has 6 heteroatoms. The molecule has 90 valence electrons. The summed E-state index contributed by atoms with van der Waals surface area (Å²) in [6.07, 6.45) is 5.19. The molecule has 1 aromatic rings. The smallest absolute Gasteiger partial charge is 0.171 e. The molecule has 0 atom stereocenters. The molecule has 0 unspecified atom stereocenters. The Bertz CT molecular complexity index is 304. The lowest BCUT2D eigenvalue weighted by atomic mass is 10.3. The number of alkyl halides is 1. The fraction of sp³-hybridized carbons (Fsp3) is 0.400. The van der Waals surface area contributed by atoms with Crippen LogP contribution < -0.4 is 17.0 Å². The Kier molecular flexibility index (Phi) is 8.90. The molecular weight excluding hydrogens is 251 g/mol. The van der Waals surface area contributed by atoms with Crippen LogP contribution in [-0.4, -0.2) is 30.5 Å². The van der Waals surface area contributed by atoms with Crippen LogP contribution in [0.15, 0.2) is 29.7 Å². The quantitative estimate of drug-likeness (QED) is 0.162. The third-order valence-corrected chi connectivity index (χ3v) is 1.99. The van der Waals surface area contributed by atoms with Gasteiger partial charge in [-0.2, -0.15) is 0 Å². The zero-order chi connectivity index (χ0) is 10.9. The number of aromatic nitrogens is 1. The van der Waals surface area contributed by atoms with Gasteiger partial charge in [-0.25, -0.2) is 4.57 Å². The Balaban J connectivity index is 0.00000225. The van der Waals surface area contributed by atoms with Crippen molar-refractivity contribution in [2.24, 2.45) is 5.16 Å². The van der Waals surface area contributed by atoms with E-state index in [0.29, 0.717) is 19.1 Å². The molecule has 0 radical (unpaired) electrons. The number of hydrogen-bond acceptors (Lipinski definition) is 3. The fourth-order valence-electron chi connectivity index (χ4n) is 1.10. The van der Waals surface area contributed by atoms with Gasteiger partial charge < -0.3 is 22.4 Å². The summed E-state index contributed by atoms with van der Waals surface area (Å²) in [5.74, 6) is 0.524. The van der Waals surface area contributed by atoms with Crippen LogP contribution in [0.5, 0.6) is 0 Å². The molecule has 1 rings (SSSR count). The summed E-state index contributed by atoms with van der Waals surface area (Å²) in [5, 5.41) is 11.3. The van der Waals surface area contributed by atoms with Crippen molar-refractivity contribution in [1.29, 1.82) is 0 Å². The summed E-state index contributed by atoms with van der Waals surface area (Å²) in [5.41, 5.74) is 0.857. The minimum atomic E-state index is 0. The van der Waals surface area contributed by atoms with Crippen molar-refractivity contribution in [3.05, 3.63) is 30.1 Å². The zero-order valence-electron chi connectivity index (χ0n) is 8.72. The lowest BCUT2D eigenvalue weighted by Crippen LogP contribution is -3.00. The van der Waals surface area contributed by atoms with Crippen molar-refractivity contribution in [3.63, 3.8) is 0 Å². The topological polar surface area (TPSA) is 45.7 Å². The third-order valence-electron chi connectivity index (χ3n) is 1.84. The van der Waals surface area contributed by atoms with E-state index in [1.54, 1.807) is 0 Å². The molecule has 1 heterocycles. The van der Waals surface area contributed by atoms with Crippen molar-refractivity contribution in [1.82, 2.24) is 0 Å². The number of oxime groups is 1. The van der Waals surface area contributed by atoms with Crippen LogP contribution in [0.25, 0.3) is 0 Å². The lowest BCUT2D eigenvalue weighted by Gasteiger charge is -1.98. The first-order chi connectivity index (χ1) is 7.36. The van der Waals surface area contributed by atoms with Crippen LogP contribution in [-0.2, 0) is 11.3 Å². The fourth-order valence-corrected chi connectivity index (χ4v) is 1.21. The van der Waals surface area contributed by atoms with Gasteiger partial charge in [0.2, 0.25) is 0 Å². The van der Waals surface area contributed by atoms with Gasteiger partial charge in [0.15, 0.2) is 18.9 Å². The number of nitrogens with zero attached hydrogens (tertiary/aromatic N) is 2. The number of ether oxygens (including phenoxy) is 1. The maximum atomic E-state index is 8.32. The molecule has 0 aromatic carbocycles. The number of halogens is 2. The van der Waals surface area contributed by atoms with E-state index in [4.69, 9.17) is 21.5 Å². The SMILES string of the molecule is O/N=C/c1cc[n+](CCOCCCl)cc1.[Cl-]. The first kappa shape index (κ1) is 15.2. The molecule has 16 heavy (non-hydrogen) atoms. The maximum Gasteiger partial charge on any atom is 0.171 e. The van der Waals surface area contributed by atoms with E-state index < -0.39 is 0 Å². The van der Waals surface area contributed by atoms with Gasteiger partial charge in [-0.1, -0.05) is 5.16 Å². The molecular formula is C10H14Cl2N2O2. The van der Waals surface area contributed by atoms with Gasteiger partial charge >= 0.3 is 0 Å². The van der Waals surface area contributed by atoms with E-state index in [-0.39, 0.29) is 12.4 Å². The summed E-state index contributed by atoms with van der Waals surface area (Å²) < 4.78 is 7.23. The molecule has 0 saturated heterocycles. The minimum Gasteiger partial charge on any atom is -1.00 e. The normalized spacial score (nSPS) is 10.3. The van der Waals surface area contributed by atoms with E-state index >= 15 is 0 Å². The molecule has 1 N–H and O–H groups in total. The third kappa shape index (κ3) is 5.90. The lowest BCUT2D eigenvalue weighted by molar-refractivity contribution is -0.698. The molecule has 0 amide bonds. The average molecular weight is 265 g/mol. The van der Waals surface area contributed by atoms with Crippen LogP contribution in [0, 0.1) is 0 Å². The summed E-state index contributed by atoms with van der Waals surface area (Å²) in [6.45, 7) is 2.01. The standard InChI is InChI=1S/C10H13ClN2O2.ClH/c11-3-7-15-8-6-13-4-1-10(2-5-13)9-12-14;/h1-2,4-5,9H,3,6-8H2;1H. The summed E-state index contributed by atoms with van der Waals surface area (Å²) in [7, 11) is 0. The Labute approximate surface area is 106 Å². The van der Waals surface area contributed by atoms with E-state index in [1.807, 2.05) is 29.1 Å². The molecule has 0 saturated carbocycles. The molecule has 4 nitrogen and oxygen atoms in total. The highest BCUT2D eigenvalue weighted by molar-refractivity contribution is 6.17. The van der Waals surface area contributed by atoms with Crippen molar-refractivity contribution in [2.75, 3.05) is 19.1 Å². The second kappa shape index (κ2) is 9.39. The first-order valence-electron chi connectivity index (χ1n) is 4.67. The highest BCUT2D eigenvalue weighted by Crippen LogP contribution is 1.90. The molecule has 0 aliphatic heterocycles. The van der Waals surface area contributed by atoms with Gasteiger partial charge in [-0.15, -0.1) is 11.6 Å². The Morgan fingerprint density at radius 3 is 2.62 bits per heavy atom. The molecule has 0 spiro atoms. The van der Waals surface area contributed by atoms with Crippen LogP contribution in [0.1, 0.15) is 5.56 Å². The van der Waals surface area contributed by atoms with Crippen LogP contribution in [0.3, 0.4) is 0 Å². The summed E-state index contributed by atoms with van der Waals surface area (Å²) in [4.78, 5) is 0. The van der Waals surface area contributed by atoms with E-state index in [2.05, 4.69) is 5.16 Å². The van der Waals surface area contributed by atoms with Gasteiger partial charge in [0.25, 0.3) is 0 Å². The largest absolute Gasteiger partial charge is 1.00 e. The van der Waals surface area contributed by atoms with E-state index in [1.165, 1.54) is 6.21 Å². The molecule has 0 fully saturated rings. The van der Waals surface area contributed by atoms with Crippen molar-refractivity contribution in [2.45, 2.75) is 6.54 Å². The van der Waals surface area contributed by atoms with Gasteiger partial charge in [0, 0.05) is 23.6 Å². The number of pyridine rings is 1. The zero-order valence-corrected chi connectivity index (χ0v) is 10.2. The Morgan fingerprint density at radius 1 is 1.38 bits per heavy atom. The molecule has 1 aromatic heterocycles. The van der Waals surface area contributed by atoms with E-state index in [0.717, 1.165) is 12.1 Å². The molecule has 0 bridgehead atoms. The van der Waals surface area contributed by atoms with Crippen molar-refractivity contribution in [3.8, 4) is 0 Å². The Morgan fingerprint density at radius 2 is 2.06 bits per heavy atom. The molecule has 0 aliphatic carbocycles. The van der Waals surface area contributed by atoms with Crippen molar-refractivity contribution < 1.29 is 26.9 Å². The second-order valence-corrected chi connectivity index (χ2v) is 3.29. The van der Waals surface area contributed by atoms with E-state index in [9.17, 15) is 0 Å². The highest BCUT2D eigenvalue weighted by atomic mass is 35.5. The maximum absolute atomic E-state index is 8.32.